The first-order valence-electron chi connectivity index (χ1n) is 6.92. The van der Waals surface area contributed by atoms with Crippen molar-refractivity contribution in [3.8, 4) is 0 Å². The Kier molecular flexibility index (Phi) is 3.48. The number of aromatic nitrogens is 2. The molecule has 3 rings (SSSR count). The third-order valence-corrected chi connectivity index (χ3v) is 3.66. The number of amides is 1. The van der Waals surface area contributed by atoms with Crippen molar-refractivity contribution < 1.29 is 9.32 Å². The second kappa shape index (κ2) is 5.44. The first kappa shape index (κ1) is 13.4. The molecule has 2 heterocycles. The quantitative estimate of drug-likeness (QED) is 0.773. The van der Waals surface area contributed by atoms with E-state index in [0.29, 0.717) is 12.1 Å². The highest BCUT2D eigenvalue weighted by molar-refractivity contribution is 5.98. The number of H-pyrrole nitrogens is 1. The second-order valence-corrected chi connectivity index (χ2v) is 5.09. The molecule has 5 heteroatoms. The summed E-state index contributed by atoms with van der Waals surface area (Å²) in [6.07, 6.45) is 2.59. The molecular weight excluding hydrogens is 266 g/mol. The molecule has 0 aliphatic carbocycles. The number of nitrogens with zero attached hydrogens (tertiary/aromatic N) is 1. The number of aryl methyl sites for hydroxylation is 2. The zero-order valence-corrected chi connectivity index (χ0v) is 12.1. The molecule has 1 amide bonds. The zero-order chi connectivity index (χ0) is 14.8. The molecular formula is C16H17N3O2. The molecule has 0 aliphatic rings. The summed E-state index contributed by atoms with van der Waals surface area (Å²) in [7, 11) is 0. The molecule has 0 saturated heterocycles. The Hall–Kier alpha value is -2.56. The van der Waals surface area contributed by atoms with E-state index in [-0.39, 0.29) is 5.91 Å². The number of carbonyl (C=O) groups excluding carboxylic acids is 1. The van der Waals surface area contributed by atoms with Gasteiger partial charge in [-0.1, -0.05) is 5.16 Å². The van der Waals surface area contributed by atoms with Crippen molar-refractivity contribution in [2.45, 2.75) is 20.3 Å². The fourth-order valence-corrected chi connectivity index (χ4v) is 2.46. The molecule has 0 spiro atoms. The van der Waals surface area contributed by atoms with E-state index in [2.05, 4.69) is 15.5 Å². The van der Waals surface area contributed by atoms with Gasteiger partial charge in [-0.05, 0) is 44.5 Å². The van der Waals surface area contributed by atoms with Crippen LogP contribution in [-0.2, 0) is 6.42 Å². The maximum absolute atomic E-state index is 12.1. The van der Waals surface area contributed by atoms with Gasteiger partial charge in [0.05, 0.1) is 5.69 Å². The molecule has 0 radical (unpaired) electrons. The average molecular weight is 283 g/mol. The molecule has 3 aromatic rings. The predicted octanol–water partition coefficient (Wildman–Crippen LogP) is 2.75. The fourth-order valence-electron chi connectivity index (χ4n) is 2.46. The number of benzene rings is 1. The largest absolute Gasteiger partial charge is 0.361 e. The minimum absolute atomic E-state index is 0.0649. The number of rotatable bonds is 4. The van der Waals surface area contributed by atoms with E-state index in [1.165, 1.54) is 0 Å². The van der Waals surface area contributed by atoms with Crippen LogP contribution in [0.1, 0.15) is 27.4 Å². The van der Waals surface area contributed by atoms with Crippen molar-refractivity contribution in [3.05, 3.63) is 53.0 Å². The van der Waals surface area contributed by atoms with Gasteiger partial charge < -0.3 is 14.8 Å². The Bertz CT molecular complexity index is 766. The lowest BCUT2D eigenvalue weighted by Crippen LogP contribution is -2.25. The van der Waals surface area contributed by atoms with Crippen LogP contribution >= 0.6 is 0 Å². The molecule has 1 aromatic carbocycles. The Labute approximate surface area is 122 Å². The summed E-state index contributed by atoms with van der Waals surface area (Å²) in [6, 6.07) is 7.58. The predicted molar refractivity (Wildman–Crippen MR) is 80.3 cm³/mol. The minimum Gasteiger partial charge on any atom is -0.361 e. The lowest BCUT2D eigenvalue weighted by atomic mass is 10.1. The molecule has 21 heavy (non-hydrogen) atoms. The van der Waals surface area contributed by atoms with E-state index >= 15 is 0 Å². The van der Waals surface area contributed by atoms with Crippen molar-refractivity contribution in [2.24, 2.45) is 0 Å². The van der Waals surface area contributed by atoms with Crippen molar-refractivity contribution in [1.29, 1.82) is 0 Å². The van der Waals surface area contributed by atoms with E-state index in [0.717, 1.165) is 34.3 Å². The van der Waals surface area contributed by atoms with E-state index in [1.54, 1.807) is 0 Å². The van der Waals surface area contributed by atoms with Crippen LogP contribution in [0.2, 0.25) is 0 Å². The lowest BCUT2D eigenvalue weighted by molar-refractivity contribution is 0.0954. The Morgan fingerprint density at radius 3 is 2.95 bits per heavy atom. The molecule has 0 saturated carbocycles. The minimum atomic E-state index is -0.0649. The summed E-state index contributed by atoms with van der Waals surface area (Å²) in [4.78, 5) is 15.3. The van der Waals surface area contributed by atoms with Crippen LogP contribution in [0.4, 0.5) is 0 Å². The molecule has 0 bridgehead atoms. The van der Waals surface area contributed by atoms with Gasteiger partial charge in [0, 0.05) is 34.8 Å². The fraction of sp³-hybridized carbons (Fsp3) is 0.250. The number of nitrogens with one attached hydrogen (secondary N) is 2. The van der Waals surface area contributed by atoms with Crippen molar-refractivity contribution >= 4 is 16.8 Å². The Balaban J connectivity index is 1.63. The SMILES string of the molecule is Cc1noc(C)c1CCNC(=O)c1ccc2[nH]ccc2c1. The summed E-state index contributed by atoms with van der Waals surface area (Å²) in [5.41, 5.74) is 3.65. The van der Waals surface area contributed by atoms with Gasteiger partial charge in [0.15, 0.2) is 0 Å². The molecule has 0 aliphatic heterocycles. The molecule has 5 nitrogen and oxygen atoms in total. The summed E-state index contributed by atoms with van der Waals surface area (Å²) in [5.74, 6) is 0.750. The number of hydrogen-bond acceptors (Lipinski definition) is 3. The monoisotopic (exact) mass is 283 g/mol. The zero-order valence-electron chi connectivity index (χ0n) is 12.1. The van der Waals surface area contributed by atoms with E-state index in [1.807, 2.05) is 44.3 Å². The smallest absolute Gasteiger partial charge is 0.251 e. The Morgan fingerprint density at radius 1 is 1.33 bits per heavy atom. The third-order valence-electron chi connectivity index (χ3n) is 3.66. The van der Waals surface area contributed by atoms with E-state index in [4.69, 9.17) is 4.52 Å². The van der Waals surface area contributed by atoms with Crippen LogP contribution in [0.25, 0.3) is 10.9 Å². The van der Waals surface area contributed by atoms with Crippen LogP contribution in [0.5, 0.6) is 0 Å². The summed E-state index contributed by atoms with van der Waals surface area (Å²) in [6.45, 7) is 4.36. The summed E-state index contributed by atoms with van der Waals surface area (Å²) >= 11 is 0. The molecule has 0 fully saturated rings. The van der Waals surface area contributed by atoms with Gasteiger partial charge in [-0.3, -0.25) is 4.79 Å². The standard InChI is InChI=1S/C16H17N3O2/c1-10-14(11(2)21-19-10)6-8-18-16(20)13-3-4-15-12(9-13)5-7-17-15/h3-5,7,9,17H,6,8H2,1-2H3,(H,18,20). The maximum atomic E-state index is 12.1. The van der Waals surface area contributed by atoms with Gasteiger partial charge in [0.25, 0.3) is 5.91 Å². The number of fused-ring (bicyclic) bond motifs is 1. The number of hydrogen-bond donors (Lipinski definition) is 2. The van der Waals surface area contributed by atoms with Crippen LogP contribution < -0.4 is 5.32 Å². The molecule has 2 N–H and O–H groups in total. The number of aromatic amines is 1. The molecule has 0 unspecified atom stereocenters. The van der Waals surface area contributed by atoms with Gasteiger partial charge in [-0.25, -0.2) is 0 Å². The first-order valence-corrected chi connectivity index (χ1v) is 6.92. The second-order valence-electron chi connectivity index (χ2n) is 5.09. The normalized spacial score (nSPS) is 11.0. The molecule has 108 valence electrons. The van der Waals surface area contributed by atoms with Crippen LogP contribution in [0.15, 0.2) is 35.0 Å². The van der Waals surface area contributed by atoms with Gasteiger partial charge >= 0.3 is 0 Å². The molecule has 0 atom stereocenters. The van der Waals surface area contributed by atoms with Crippen molar-refractivity contribution in [1.82, 2.24) is 15.5 Å². The third kappa shape index (κ3) is 2.67. The summed E-state index contributed by atoms with van der Waals surface area (Å²) < 4.78 is 5.11. The maximum Gasteiger partial charge on any atom is 0.251 e. The van der Waals surface area contributed by atoms with Crippen LogP contribution in [0, 0.1) is 13.8 Å². The Morgan fingerprint density at radius 2 is 2.19 bits per heavy atom. The van der Waals surface area contributed by atoms with Gasteiger partial charge in [-0.15, -0.1) is 0 Å². The van der Waals surface area contributed by atoms with Crippen molar-refractivity contribution in [2.75, 3.05) is 6.54 Å². The van der Waals surface area contributed by atoms with Crippen LogP contribution in [0.3, 0.4) is 0 Å². The average Bonchev–Trinajstić information content (AvgIpc) is 3.07. The first-order chi connectivity index (χ1) is 10.1. The highest BCUT2D eigenvalue weighted by atomic mass is 16.5. The van der Waals surface area contributed by atoms with Crippen molar-refractivity contribution in [3.63, 3.8) is 0 Å². The number of carbonyl (C=O) groups is 1. The van der Waals surface area contributed by atoms with Crippen LogP contribution in [-0.4, -0.2) is 22.6 Å². The topological polar surface area (TPSA) is 70.9 Å². The van der Waals surface area contributed by atoms with Gasteiger partial charge in [0.1, 0.15) is 5.76 Å². The molecule has 2 aromatic heterocycles. The van der Waals surface area contributed by atoms with E-state index < -0.39 is 0 Å². The van der Waals surface area contributed by atoms with Gasteiger partial charge in [0.2, 0.25) is 0 Å². The van der Waals surface area contributed by atoms with Gasteiger partial charge in [-0.2, -0.15) is 0 Å². The highest BCUT2D eigenvalue weighted by Gasteiger charge is 2.10. The highest BCUT2D eigenvalue weighted by Crippen LogP contribution is 2.15. The lowest BCUT2D eigenvalue weighted by Gasteiger charge is -2.05. The van der Waals surface area contributed by atoms with E-state index in [9.17, 15) is 4.79 Å². The summed E-state index contributed by atoms with van der Waals surface area (Å²) in [5, 5.41) is 7.87.